The molecule has 32 heavy (non-hydrogen) atoms. The van der Waals surface area contributed by atoms with Gasteiger partial charge in [-0.2, -0.15) is 0 Å². The van der Waals surface area contributed by atoms with E-state index in [1.165, 1.54) is 29.7 Å². The molecule has 0 radical (unpaired) electrons. The van der Waals surface area contributed by atoms with E-state index in [0.29, 0.717) is 5.56 Å². The van der Waals surface area contributed by atoms with Crippen molar-refractivity contribution in [2.75, 3.05) is 7.11 Å². The third-order valence-corrected chi connectivity index (χ3v) is 4.45. The van der Waals surface area contributed by atoms with Crippen molar-refractivity contribution in [3.05, 3.63) is 65.2 Å². The Labute approximate surface area is 183 Å². The molecule has 5 N–H and O–H groups in total. The zero-order chi connectivity index (χ0) is 23.7. The van der Waals surface area contributed by atoms with Gasteiger partial charge in [-0.3, -0.25) is 14.8 Å². The lowest BCUT2D eigenvalue weighted by atomic mass is 9.92. The van der Waals surface area contributed by atoms with Gasteiger partial charge in [0.1, 0.15) is 17.3 Å². The summed E-state index contributed by atoms with van der Waals surface area (Å²) in [5.41, 5.74) is 5.72. The maximum atomic E-state index is 13.2. The normalized spacial score (nSPS) is 12.8. The fourth-order valence-corrected chi connectivity index (χ4v) is 2.49. The maximum Gasteiger partial charge on any atom is 0.268 e. The lowest BCUT2D eigenvalue weighted by Crippen LogP contribution is -2.66. The van der Waals surface area contributed by atoms with Gasteiger partial charge in [0.2, 0.25) is 0 Å². The minimum atomic E-state index is -3.14. The number of hydrogen-bond acceptors (Lipinski definition) is 5. The van der Waals surface area contributed by atoms with Crippen molar-refractivity contribution < 1.29 is 28.3 Å². The maximum absolute atomic E-state index is 13.2. The third kappa shape index (κ3) is 6.29. The molecule has 2 atom stereocenters. The van der Waals surface area contributed by atoms with Crippen LogP contribution in [-0.2, 0) is 4.79 Å². The van der Waals surface area contributed by atoms with Crippen molar-refractivity contribution >= 4 is 11.8 Å². The van der Waals surface area contributed by atoms with Crippen LogP contribution in [0.3, 0.4) is 0 Å². The van der Waals surface area contributed by atoms with Crippen LogP contribution in [0.2, 0.25) is 0 Å². The molecule has 7 nitrogen and oxygen atoms in total. The Morgan fingerprint density at radius 3 is 1.97 bits per heavy atom. The fourth-order valence-electron chi connectivity index (χ4n) is 2.49. The standard InChI is InChI=1S/C23H21F2N3O4/c1-23(26,22(24)25)19(21(30)28-31)27-20(29)17-11-7-15(8-12-17)5-3-4-6-16-9-13-18(32-2)14-10-16/h7-14,19,22,31H,26H2,1-2H3,(H,27,29)(H,28,30). The molecule has 0 aliphatic rings. The van der Waals surface area contributed by atoms with Crippen molar-refractivity contribution in [1.29, 1.82) is 0 Å². The highest BCUT2D eigenvalue weighted by Gasteiger charge is 2.44. The summed E-state index contributed by atoms with van der Waals surface area (Å²) in [4.78, 5) is 24.1. The summed E-state index contributed by atoms with van der Waals surface area (Å²) in [5, 5.41) is 10.9. The van der Waals surface area contributed by atoms with E-state index in [9.17, 15) is 18.4 Å². The molecule has 0 bridgehead atoms. The van der Waals surface area contributed by atoms with Gasteiger partial charge >= 0.3 is 0 Å². The molecular formula is C23H21F2N3O4. The number of hydroxylamine groups is 1. The number of rotatable bonds is 6. The lowest BCUT2D eigenvalue weighted by molar-refractivity contribution is -0.134. The number of methoxy groups -OCH3 is 1. The van der Waals surface area contributed by atoms with Crippen LogP contribution in [0.1, 0.15) is 28.4 Å². The number of alkyl halides is 2. The van der Waals surface area contributed by atoms with Crippen molar-refractivity contribution in [1.82, 2.24) is 10.8 Å². The first-order valence-corrected chi connectivity index (χ1v) is 9.27. The molecule has 2 aromatic rings. The number of carbonyl (C=O) groups excluding carboxylic acids is 2. The van der Waals surface area contributed by atoms with E-state index in [1.54, 1.807) is 31.4 Å². The van der Waals surface area contributed by atoms with E-state index in [-0.39, 0.29) is 5.56 Å². The number of nitrogens with one attached hydrogen (secondary N) is 2. The molecule has 0 aliphatic carbocycles. The molecule has 2 rings (SSSR count). The molecular weight excluding hydrogens is 420 g/mol. The van der Waals surface area contributed by atoms with Crippen molar-refractivity contribution in [3.8, 4) is 29.4 Å². The minimum absolute atomic E-state index is 0.0840. The summed E-state index contributed by atoms with van der Waals surface area (Å²) in [5.74, 6) is 9.74. The number of halogens is 2. The molecule has 0 fully saturated rings. The number of carbonyl (C=O) groups is 2. The minimum Gasteiger partial charge on any atom is -0.497 e. The monoisotopic (exact) mass is 441 g/mol. The number of ether oxygens (including phenoxy) is 1. The van der Waals surface area contributed by atoms with Gasteiger partial charge in [-0.15, -0.1) is 0 Å². The van der Waals surface area contributed by atoms with Gasteiger partial charge in [0.15, 0.2) is 0 Å². The second-order valence-corrected chi connectivity index (χ2v) is 6.86. The zero-order valence-electron chi connectivity index (χ0n) is 17.3. The van der Waals surface area contributed by atoms with Crippen LogP contribution in [0, 0.1) is 23.7 Å². The second kappa shape index (κ2) is 10.9. The number of hydrogen-bond donors (Lipinski definition) is 4. The van der Waals surface area contributed by atoms with Crippen LogP contribution < -0.4 is 21.3 Å². The zero-order valence-corrected chi connectivity index (χ0v) is 17.3. The van der Waals surface area contributed by atoms with E-state index >= 15 is 0 Å². The number of nitrogens with two attached hydrogens (primary N) is 1. The summed E-state index contributed by atoms with van der Waals surface area (Å²) >= 11 is 0. The molecule has 0 saturated carbocycles. The van der Waals surface area contributed by atoms with E-state index in [2.05, 4.69) is 29.0 Å². The van der Waals surface area contributed by atoms with E-state index in [0.717, 1.165) is 18.2 Å². The molecule has 0 aliphatic heterocycles. The summed E-state index contributed by atoms with van der Waals surface area (Å²) in [6.45, 7) is 0.892. The highest BCUT2D eigenvalue weighted by molar-refractivity contribution is 5.98. The van der Waals surface area contributed by atoms with Gasteiger partial charge in [0.25, 0.3) is 18.2 Å². The Hall–Kier alpha value is -3.92. The highest BCUT2D eigenvalue weighted by Crippen LogP contribution is 2.18. The Kier molecular flexibility index (Phi) is 8.31. The Bertz CT molecular complexity index is 1080. The molecule has 0 heterocycles. The van der Waals surface area contributed by atoms with Crippen LogP contribution in [0.25, 0.3) is 0 Å². The summed E-state index contributed by atoms with van der Waals surface area (Å²) in [7, 11) is 1.57. The Morgan fingerprint density at radius 2 is 1.53 bits per heavy atom. The predicted octanol–water partition coefficient (Wildman–Crippen LogP) is 1.68. The highest BCUT2D eigenvalue weighted by atomic mass is 19.3. The molecule has 0 spiro atoms. The van der Waals surface area contributed by atoms with Gasteiger partial charge in [0.05, 0.1) is 7.11 Å². The topological polar surface area (TPSA) is 114 Å². The van der Waals surface area contributed by atoms with Gasteiger partial charge in [-0.1, -0.05) is 11.8 Å². The van der Waals surface area contributed by atoms with Gasteiger partial charge < -0.3 is 15.8 Å². The van der Waals surface area contributed by atoms with Crippen LogP contribution in [0.5, 0.6) is 5.75 Å². The van der Waals surface area contributed by atoms with Gasteiger partial charge in [-0.05, 0) is 67.3 Å². The molecule has 2 amide bonds. The van der Waals surface area contributed by atoms with Crippen LogP contribution >= 0.6 is 0 Å². The summed E-state index contributed by atoms with van der Waals surface area (Å²) in [6.07, 6.45) is -3.14. The largest absolute Gasteiger partial charge is 0.497 e. The average molecular weight is 441 g/mol. The molecule has 0 saturated heterocycles. The lowest BCUT2D eigenvalue weighted by Gasteiger charge is -2.32. The first-order valence-electron chi connectivity index (χ1n) is 9.27. The average Bonchev–Trinajstić information content (AvgIpc) is 2.80. The fraction of sp³-hybridized carbons (Fsp3) is 0.217. The van der Waals surface area contributed by atoms with Crippen molar-refractivity contribution in [2.24, 2.45) is 5.73 Å². The first kappa shape index (κ1) is 24.4. The molecule has 2 aromatic carbocycles. The first-order chi connectivity index (χ1) is 15.2. The second-order valence-electron chi connectivity index (χ2n) is 6.86. The summed E-state index contributed by atoms with van der Waals surface area (Å²) < 4.78 is 31.4. The molecule has 9 heteroatoms. The molecule has 0 aromatic heterocycles. The van der Waals surface area contributed by atoms with E-state index in [1.807, 2.05) is 0 Å². The third-order valence-electron chi connectivity index (χ3n) is 4.45. The molecule has 166 valence electrons. The van der Waals surface area contributed by atoms with Gasteiger partial charge in [0, 0.05) is 16.7 Å². The quantitative estimate of drug-likeness (QED) is 0.310. The Balaban J connectivity index is 2.08. The Morgan fingerprint density at radius 1 is 1.03 bits per heavy atom. The predicted molar refractivity (Wildman–Crippen MR) is 113 cm³/mol. The van der Waals surface area contributed by atoms with Crippen LogP contribution in [-0.4, -0.2) is 42.1 Å². The number of amides is 2. The van der Waals surface area contributed by atoms with Crippen molar-refractivity contribution in [2.45, 2.75) is 24.9 Å². The summed E-state index contributed by atoms with van der Waals surface area (Å²) in [6, 6.07) is 11.2. The van der Waals surface area contributed by atoms with E-state index in [4.69, 9.17) is 15.7 Å². The van der Waals surface area contributed by atoms with E-state index < -0.39 is 29.8 Å². The van der Waals surface area contributed by atoms with Crippen LogP contribution in [0.15, 0.2) is 48.5 Å². The van der Waals surface area contributed by atoms with Crippen molar-refractivity contribution in [3.63, 3.8) is 0 Å². The smallest absolute Gasteiger partial charge is 0.268 e. The number of benzene rings is 2. The van der Waals surface area contributed by atoms with Gasteiger partial charge in [-0.25, -0.2) is 14.3 Å². The van der Waals surface area contributed by atoms with Crippen LogP contribution in [0.4, 0.5) is 8.78 Å². The molecule has 2 unspecified atom stereocenters. The SMILES string of the molecule is COc1ccc(C#CC#Cc2ccc(C(=O)NC(C(=O)NO)C(C)(N)C(F)F)cc2)cc1.